The number of carbonyl (C=O) groups is 2. The summed E-state index contributed by atoms with van der Waals surface area (Å²) in [5.74, 6) is 0.403. The Kier molecular flexibility index (Phi) is 5.46. The molecule has 1 heterocycles. The first kappa shape index (κ1) is 17.5. The zero-order valence-corrected chi connectivity index (χ0v) is 14.3. The lowest BCUT2D eigenvalue weighted by Gasteiger charge is -2.43. The number of nitrogens with two attached hydrogens (primary N) is 1. The molecule has 0 aromatic heterocycles. The summed E-state index contributed by atoms with van der Waals surface area (Å²) in [5.41, 5.74) is 4.83. The van der Waals surface area contributed by atoms with Crippen molar-refractivity contribution in [3.8, 4) is 0 Å². The molecule has 0 atom stereocenters. The van der Waals surface area contributed by atoms with Gasteiger partial charge in [0, 0.05) is 39.3 Å². The van der Waals surface area contributed by atoms with Gasteiger partial charge in [-0.05, 0) is 26.7 Å². The van der Waals surface area contributed by atoms with Gasteiger partial charge in [-0.15, -0.1) is 0 Å². The SMILES string of the molecule is CN=C(NCC(=O)NC1CC1)N1CCN(C(C)(C)C(N)=O)CC1. The molecule has 2 amide bonds. The van der Waals surface area contributed by atoms with Crippen molar-refractivity contribution in [1.29, 1.82) is 0 Å². The van der Waals surface area contributed by atoms with E-state index < -0.39 is 5.54 Å². The van der Waals surface area contributed by atoms with E-state index in [0.29, 0.717) is 12.0 Å². The summed E-state index contributed by atoms with van der Waals surface area (Å²) in [5, 5.41) is 6.04. The molecule has 0 unspecified atom stereocenters. The Balaban J connectivity index is 1.80. The number of primary amides is 1. The molecule has 2 fully saturated rings. The summed E-state index contributed by atoms with van der Waals surface area (Å²) >= 11 is 0. The predicted octanol–water partition coefficient (Wildman–Crippen LogP) is -1.28. The molecule has 1 saturated carbocycles. The molecule has 8 nitrogen and oxygen atoms in total. The Bertz CT molecular complexity index is 478. The van der Waals surface area contributed by atoms with E-state index in [4.69, 9.17) is 5.73 Å². The van der Waals surface area contributed by atoms with Gasteiger partial charge in [-0.1, -0.05) is 0 Å². The molecule has 1 aliphatic heterocycles. The maximum Gasteiger partial charge on any atom is 0.239 e. The zero-order chi connectivity index (χ0) is 17.0. The molecule has 0 spiro atoms. The molecule has 2 aliphatic rings. The zero-order valence-electron chi connectivity index (χ0n) is 14.3. The summed E-state index contributed by atoms with van der Waals surface area (Å²) in [6.45, 7) is 6.85. The molecule has 130 valence electrons. The van der Waals surface area contributed by atoms with Crippen LogP contribution in [-0.2, 0) is 9.59 Å². The van der Waals surface area contributed by atoms with E-state index in [2.05, 4.69) is 25.4 Å². The third-order valence-electron chi connectivity index (χ3n) is 4.53. The number of hydrogen-bond acceptors (Lipinski definition) is 4. The Hall–Kier alpha value is -1.83. The number of aliphatic imine (C=N–C) groups is 1. The highest BCUT2D eigenvalue weighted by Crippen LogP contribution is 2.18. The second-order valence-electron chi connectivity index (χ2n) is 6.64. The second kappa shape index (κ2) is 7.16. The lowest BCUT2D eigenvalue weighted by molar-refractivity contribution is -0.129. The third kappa shape index (κ3) is 4.57. The minimum Gasteiger partial charge on any atom is -0.368 e. The molecule has 0 radical (unpaired) electrons. The highest BCUT2D eigenvalue weighted by molar-refractivity contribution is 5.87. The molecule has 0 aromatic rings. The predicted molar refractivity (Wildman–Crippen MR) is 88.9 cm³/mol. The lowest BCUT2D eigenvalue weighted by Crippen LogP contribution is -2.61. The highest BCUT2D eigenvalue weighted by atomic mass is 16.2. The first-order valence-electron chi connectivity index (χ1n) is 8.14. The van der Waals surface area contributed by atoms with Crippen LogP contribution in [0.4, 0.5) is 0 Å². The van der Waals surface area contributed by atoms with Gasteiger partial charge in [-0.2, -0.15) is 0 Å². The van der Waals surface area contributed by atoms with Crippen molar-refractivity contribution < 1.29 is 9.59 Å². The molecular formula is C15H28N6O2. The third-order valence-corrected chi connectivity index (χ3v) is 4.53. The Morgan fingerprint density at radius 3 is 2.30 bits per heavy atom. The summed E-state index contributed by atoms with van der Waals surface area (Å²) in [6.07, 6.45) is 2.16. The van der Waals surface area contributed by atoms with E-state index in [9.17, 15) is 9.59 Å². The summed E-state index contributed by atoms with van der Waals surface area (Å²) in [7, 11) is 1.71. The van der Waals surface area contributed by atoms with Gasteiger partial charge >= 0.3 is 0 Å². The van der Waals surface area contributed by atoms with Gasteiger partial charge in [0.05, 0.1) is 12.1 Å². The van der Waals surface area contributed by atoms with E-state index in [-0.39, 0.29) is 18.4 Å². The van der Waals surface area contributed by atoms with Crippen molar-refractivity contribution in [2.75, 3.05) is 39.8 Å². The van der Waals surface area contributed by atoms with Crippen LogP contribution in [0.5, 0.6) is 0 Å². The van der Waals surface area contributed by atoms with E-state index in [1.165, 1.54) is 0 Å². The van der Waals surface area contributed by atoms with Crippen molar-refractivity contribution >= 4 is 17.8 Å². The fraction of sp³-hybridized carbons (Fsp3) is 0.800. The van der Waals surface area contributed by atoms with Gasteiger partial charge in [0.1, 0.15) is 0 Å². The summed E-state index contributed by atoms with van der Waals surface area (Å²) < 4.78 is 0. The monoisotopic (exact) mass is 324 g/mol. The number of nitrogens with zero attached hydrogens (tertiary/aromatic N) is 3. The average Bonchev–Trinajstić information content (AvgIpc) is 3.32. The molecule has 8 heteroatoms. The fourth-order valence-corrected chi connectivity index (χ4v) is 2.63. The Labute approximate surface area is 137 Å². The van der Waals surface area contributed by atoms with Crippen molar-refractivity contribution in [3.63, 3.8) is 0 Å². The van der Waals surface area contributed by atoms with Crippen LogP contribution in [0.3, 0.4) is 0 Å². The number of carbonyl (C=O) groups excluding carboxylic acids is 2. The second-order valence-corrected chi connectivity index (χ2v) is 6.64. The normalized spacial score (nSPS) is 20.3. The standard InChI is InChI=1S/C15H28N6O2/c1-15(2,13(16)23)21-8-6-20(7-9-21)14(17-3)18-10-12(22)19-11-4-5-11/h11H,4-10H2,1-3H3,(H2,16,23)(H,17,18)(H,19,22). The summed E-state index contributed by atoms with van der Waals surface area (Å²) in [4.78, 5) is 31.7. The minimum atomic E-state index is -0.646. The molecule has 23 heavy (non-hydrogen) atoms. The van der Waals surface area contributed by atoms with E-state index in [0.717, 1.165) is 39.0 Å². The number of piperazine rings is 1. The van der Waals surface area contributed by atoms with E-state index >= 15 is 0 Å². The minimum absolute atomic E-state index is 0.00199. The van der Waals surface area contributed by atoms with Crippen molar-refractivity contribution in [3.05, 3.63) is 0 Å². The van der Waals surface area contributed by atoms with Crippen LogP contribution in [0.1, 0.15) is 26.7 Å². The number of guanidine groups is 1. The largest absolute Gasteiger partial charge is 0.368 e. The van der Waals surface area contributed by atoms with Crippen molar-refractivity contribution in [2.45, 2.75) is 38.3 Å². The van der Waals surface area contributed by atoms with E-state index in [1.807, 2.05) is 13.8 Å². The number of rotatable bonds is 5. The number of hydrogen-bond donors (Lipinski definition) is 3. The first-order chi connectivity index (χ1) is 10.8. The van der Waals surface area contributed by atoms with Crippen LogP contribution >= 0.6 is 0 Å². The molecule has 2 rings (SSSR count). The number of amides is 2. The number of nitrogens with one attached hydrogen (secondary N) is 2. The Morgan fingerprint density at radius 1 is 1.22 bits per heavy atom. The Morgan fingerprint density at radius 2 is 1.83 bits per heavy atom. The van der Waals surface area contributed by atoms with Gasteiger partial charge in [0.2, 0.25) is 11.8 Å². The maximum absolute atomic E-state index is 11.7. The molecule has 4 N–H and O–H groups in total. The van der Waals surface area contributed by atoms with Crippen molar-refractivity contribution in [2.24, 2.45) is 10.7 Å². The van der Waals surface area contributed by atoms with E-state index in [1.54, 1.807) is 7.05 Å². The maximum atomic E-state index is 11.7. The van der Waals surface area contributed by atoms with Crippen LogP contribution in [0.25, 0.3) is 0 Å². The first-order valence-corrected chi connectivity index (χ1v) is 8.14. The molecule has 1 saturated heterocycles. The molecular weight excluding hydrogens is 296 g/mol. The van der Waals surface area contributed by atoms with Crippen molar-refractivity contribution in [1.82, 2.24) is 20.4 Å². The summed E-state index contributed by atoms with van der Waals surface area (Å²) in [6, 6.07) is 0.367. The van der Waals surface area contributed by atoms with Gasteiger partial charge in [-0.25, -0.2) is 0 Å². The van der Waals surface area contributed by atoms with Crippen LogP contribution in [0, 0.1) is 0 Å². The lowest BCUT2D eigenvalue weighted by atomic mass is 10.0. The van der Waals surface area contributed by atoms with Crippen LogP contribution in [-0.4, -0.2) is 78.9 Å². The van der Waals surface area contributed by atoms with Crippen LogP contribution in [0.15, 0.2) is 4.99 Å². The van der Waals surface area contributed by atoms with Gasteiger partial charge < -0.3 is 21.3 Å². The van der Waals surface area contributed by atoms with Gasteiger partial charge in [0.25, 0.3) is 0 Å². The molecule has 0 bridgehead atoms. The van der Waals surface area contributed by atoms with Gasteiger partial charge in [-0.3, -0.25) is 19.5 Å². The highest BCUT2D eigenvalue weighted by Gasteiger charge is 2.35. The topological polar surface area (TPSA) is 103 Å². The molecule has 1 aliphatic carbocycles. The van der Waals surface area contributed by atoms with Crippen LogP contribution in [0.2, 0.25) is 0 Å². The smallest absolute Gasteiger partial charge is 0.239 e. The molecule has 0 aromatic carbocycles. The quantitative estimate of drug-likeness (QED) is 0.432. The average molecular weight is 324 g/mol. The fourth-order valence-electron chi connectivity index (χ4n) is 2.63. The van der Waals surface area contributed by atoms with Gasteiger partial charge in [0.15, 0.2) is 5.96 Å². The van der Waals surface area contributed by atoms with Crippen LogP contribution < -0.4 is 16.4 Å².